The molecule has 2 aromatic rings. The number of nitrogens with one attached hydrogen (secondary N) is 1. The van der Waals surface area contributed by atoms with Crippen molar-refractivity contribution in [1.29, 1.82) is 0 Å². The molecule has 168 valence electrons. The summed E-state index contributed by atoms with van der Waals surface area (Å²) in [7, 11) is 0. The zero-order valence-electron chi connectivity index (χ0n) is 17.6. The smallest absolute Gasteiger partial charge is 0.543 e. The molecule has 0 aliphatic carbocycles. The topological polar surface area (TPSA) is 146 Å². The Balaban J connectivity index is 0.00000306. The average Bonchev–Trinajstić information content (AvgIpc) is 3.46. The number of thiazole rings is 1. The molecule has 2 aliphatic heterocycles. The van der Waals surface area contributed by atoms with Crippen molar-refractivity contribution >= 4 is 69.1 Å². The van der Waals surface area contributed by atoms with E-state index in [1.54, 1.807) is 23.0 Å². The summed E-state index contributed by atoms with van der Waals surface area (Å²) in [4.78, 5) is 55.4. The van der Waals surface area contributed by atoms with E-state index in [0.717, 1.165) is 21.5 Å². The van der Waals surface area contributed by atoms with Gasteiger partial charge in [-0.15, -0.1) is 23.1 Å². The van der Waals surface area contributed by atoms with Crippen LogP contribution in [0.1, 0.15) is 26.3 Å². The van der Waals surface area contributed by atoms with E-state index in [1.165, 1.54) is 34.4 Å². The van der Waals surface area contributed by atoms with Crippen molar-refractivity contribution in [2.45, 2.75) is 24.4 Å². The molecule has 2 unspecified atom stereocenters. The third kappa shape index (κ3) is 5.40. The molecule has 0 saturated carbocycles. The molecule has 0 spiro atoms. The first-order valence-corrected chi connectivity index (χ1v) is 13.1. The maximum atomic E-state index is 12.7. The Morgan fingerprint density at radius 3 is 2.79 bits per heavy atom. The van der Waals surface area contributed by atoms with Gasteiger partial charge in [0.1, 0.15) is 17.5 Å². The van der Waals surface area contributed by atoms with E-state index in [2.05, 4.69) is 10.3 Å². The third-order valence-electron chi connectivity index (χ3n) is 4.90. The van der Waals surface area contributed by atoms with E-state index < -0.39 is 35.2 Å². The van der Waals surface area contributed by atoms with E-state index in [-0.39, 0.29) is 51.9 Å². The Morgan fingerprint density at radius 2 is 2.18 bits per heavy atom. The fraction of sp³-hybridized carbons (Fsp3) is 0.316. The second kappa shape index (κ2) is 11.0. The Kier molecular flexibility index (Phi) is 8.83. The summed E-state index contributed by atoms with van der Waals surface area (Å²) in [6.07, 6.45) is 1.60. The van der Waals surface area contributed by atoms with Gasteiger partial charge in [-0.25, -0.2) is 4.98 Å². The SMILES string of the molecule is Cc1cnc(C(=O)SCC2=C(C(=O)[O-])N3C(=O)C(NC(=O)C(N)c4ccsc4)[C@H]3SC2)s1.[Na+]. The molecule has 1 saturated heterocycles. The van der Waals surface area contributed by atoms with Gasteiger partial charge in [0.25, 0.3) is 5.91 Å². The molecule has 0 aromatic carbocycles. The Morgan fingerprint density at radius 1 is 1.42 bits per heavy atom. The molecular weight excluding hydrogens is 515 g/mol. The number of aromatic nitrogens is 1. The molecular formula is C19H17N4NaO5S4. The summed E-state index contributed by atoms with van der Waals surface area (Å²) in [5, 5.41) is 17.5. The van der Waals surface area contributed by atoms with E-state index in [1.807, 2.05) is 6.92 Å². The Bertz CT molecular complexity index is 1120. The van der Waals surface area contributed by atoms with Crippen LogP contribution in [0.3, 0.4) is 0 Å². The molecule has 2 aliphatic rings. The fourth-order valence-corrected chi connectivity index (χ4v) is 7.09. The Hall–Kier alpha value is -1.19. The molecule has 2 aromatic heterocycles. The number of β-lactam (4-membered cyclic amide) rings is 1. The molecule has 0 bridgehead atoms. The molecule has 1 fully saturated rings. The first kappa shape index (κ1) is 26.4. The van der Waals surface area contributed by atoms with Gasteiger partial charge in [-0.2, -0.15) is 11.3 Å². The predicted molar refractivity (Wildman–Crippen MR) is 122 cm³/mol. The minimum Gasteiger partial charge on any atom is -0.543 e. The van der Waals surface area contributed by atoms with Gasteiger partial charge in [0.15, 0.2) is 5.01 Å². The maximum Gasteiger partial charge on any atom is 1.00 e. The zero-order valence-corrected chi connectivity index (χ0v) is 22.9. The standard InChI is InChI=1S/C19H18N4O5S4.Na/c1-8-4-21-15(32-8)19(28)31-7-10-6-30-17-12(16(25)23(17)13(10)18(26)27)22-14(24)11(20)9-2-3-29-5-9;/h2-5,11-12,17H,6-7,20H2,1H3,(H,22,24)(H,26,27);/q;+1/p-1/t11?,12?,17-;/m1./s1. The van der Waals surface area contributed by atoms with Crippen LogP contribution in [0.5, 0.6) is 0 Å². The molecule has 33 heavy (non-hydrogen) atoms. The largest absolute Gasteiger partial charge is 1.00 e. The third-order valence-corrected chi connectivity index (χ3v) is 8.93. The van der Waals surface area contributed by atoms with Crippen LogP contribution in [0.25, 0.3) is 0 Å². The number of aryl methyl sites for hydroxylation is 1. The van der Waals surface area contributed by atoms with Gasteiger partial charge in [0.05, 0.1) is 11.7 Å². The number of nitrogens with zero attached hydrogens (tertiary/aromatic N) is 2. The summed E-state index contributed by atoms with van der Waals surface area (Å²) in [6, 6.07) is -0.0602. The normalized spacial score (nSPS) is 20.4. The zero-order chi connectivity index (χ0) is 23.0. The average molecular weight is 533 g/mol. The van der Waals surface area contributed by atoms with E-state index in [4.69, 9.17) is 5.73 Å². The van der Waals surface area contributed by atoms with E-state index in [0.29, 0.717) is 16.1 Å². The van der Waals surface area contributed by atoms with Crippen LogP contribution < -0.4 is 45.7 Å². The number of carboxylic acids is 1. The van der Waals surface area contributed by atoms with Gasteiger partial charge in [0.2, 0.25) is 11.0 Å². The van der Waals surface area contributed by atoms with Gasteiger partial charge >= 0.3 is 29.6 Å². The summed E-state index contributed by atoms with van der Waals surface area (Å²) >= 11 is 4.93. The molecule has 14 heteroatoms. The first-order chi connectivity index (χ1) is 15.3. The molecule has 2 amide bonds. The van der Waals surface area contributed by atoms with Crippen LogP contribution in [0.2, 0.25) is 0 Å². The number of hydrogen-bond donors (Lipinski definition) is 2. The first-order valence-electron chi connectivity index (χ1n) is 9.33. The number of thiophene rings is 1. The number of carbonyl (C=O) groups excluding carboxylic acids is 4. The fourth-order valence-electron chi connectivity index (χ4n) is 3.29. The van der Waals surface area contributed by atoms with Gasteiger partial charge in [-0.1, -0.05) is 11.8 Å². The summed E-state index contributed by atoms with van der Waals surface area (Å²) < 4.78 is 0. The molecule has 3 N–H and O–H groups in total. The van der Waals surface area contributed by atoms with Crippen molar-refractivity contribution in [3.05, 3.63) is 49.7 Å². The van der Waals surface area contributed by atoms with Crippen LogP contribution >= 0.6 is 46.2 Å². The van der Waals surface area contributed by atoms with Gasteiger partial charge in [-0.3, -0.25) is 19.3 Å². The van der Waals surface area contributed by atoms with Crippen molar-refractivity contribution in [3.63, 3.8) is 0 Å². The number of rotatable bonds is 7. The second-order valence-corrected chi connectivity index (χ2v) is 11.1. The number of nitrogens with two attached hydrogens (primary N) is 1. The second-order valence-electron chi connectivity index (χ2n) is 7.02. The van der Waals surface area contributed by atoms with Crippen LogP contribution in [0.15, 0.2) is 34.3 Å². The van der Waals surface area contributed by atoms with Crippen LogP contribution in [-0.4, -0.2) is 55.7 Å². The number of carbonyl (C=O) groups is 4. The Labute approximate surface area is 227 Å². The van der Waals surface area contributed by atoms with Crippen molar-refractivity contribution in [2.75, 3.05) is 11.5 Å². The van der Waals surface area contributed by atoms with Crippen molar-refractivity contribution in [2.24, 2.45) is 5.73 Å². The number of hydrogen-bond acceptors (Lipinski definition) is 11. The van der Waals surface area contributed by atoms with Gasteiger partial charge in [0, 0.05) is 22.6 Å². The molecule has 0 radical (unpaired) electrons. The maximum absolute atomic E-state index is 12.7. The van der Waals surface area contributed by atoms with Gasteiger partial charge in [-0.05, 0) is 34.9 Å². The summed E-state index contributed by atoms with van der Waals surface area (Å²) in [6.45, 7) is 1.84. The van der Waals surface area contributed by atoms with Crippen molar-refractivity contribution in [3.8, 4) is 0 Å². The van der Waals surface area contributed by atoms with Gasteiger partial charge < -0.3 is 21.0 Å². The summed E-state index contributed by atoms with van der Waals surface area (Å²) in [5.41, 5.74) is 6.78. The molecule has 3 atom stereocenters. The number of carboxylic acid groups (broad SMARTS) is 1. The molecule has 9 nitrogen and oxygen atoms in total. The summed E-state index contributed by atoms with van der Waals surface area (Å²) in [5.74, 6) is -2.15. The number of thioether (sulfide) groups is 2. The van der Waals surface area contributed by atoms with Crippen molar-refractivity contribution in [1.82, 2.24) is 15.2 Å². The van der Waals surface area contributed by atoms with E-state index in [9.17, 15) is 24.3 Å². The molecule has 4 heterocycles. The number of amides is 2. The quantitative estimate of drug-likeness (QED) is 0.292. The monoisotopic (exact) mass is 532 g/mol. The minimum atomic E-state index is -1.49. The molecule has 4 rings (SSSR count). The number of fused-ring (bicyclic) bond motifs is 1. The minimum absolute atomic E-state index is 0. The van der Waals surface area contributed by atoms with E-state index >= 15 is 0 Å². The van der Waals surface area contributed by atoms with Crippen molar-refractivity contribution < 1.29 is 53.8 Å². The van der Waals surface area contributed by atoms with Crippen LogP contribution in [0.4, 0.5) is 0 Å². The predicted octanol–water partition coefficient (Wildman–Crippen LogP) is -2.51. The van der Waals surface area contributed by atoms with Crippen LogP contribution in [0, 0.1) is 6.92 Å². The van der Waals surface area contributed by atoms with Crippen LogP contribution in [-0.2, 0) is 14.4 Å². The number of aliphatic carboxylic acids is 1.